The van der Waals surface area contributed by atoms with Gasteiger partial charge in [-0.1, -0.05) is 13.8 Å². The molecule has 0 radical (unpaired) electrons. The third-order valence-electron chi connectivity index (χ3n) is 2.34. The molecule has 20 heavy (non-hydrogen) atoms. The quantitative estimate of drug-likeness (QED) is 0.447. The Morgan fingerprint density at radius 2 is 2.10 bits per heavy atom. The monoisotopic (exact) mass is 283 g/mol. The van der Waals surface area contributed by atoms with Crippen molar-refractivity contribution in [1.82, 2.24) is 20.3 Å². The van der Waals surface area contributed by atoms with E-state index < -0.39 is 0 Å². The van der Waals surface area contributed by atoms with E-state index >= 15 is 0 Å². The van der Waals surface area contributed by atoms with Crippen LogP contribution in [0.5, 0.6) is 6.01 Å². The highest BCUT2D eigenvalue weighted by atomic mass is 16.5. The minimum atomic E-state index is -0.108. The van der Waals surface area contributed by atoms with Gasteiger partial charge in [-0.25, -0.2) is 5.84 Å². The van der Waals surface area contributed by atoms with E-state index in [-0.39, 0.29) is 24.4 Å². The van der Waals surface area contributed by atoms with E-state index in [9.17, 15) is 4.79 Å². The summed E-state index contributed by atoms with van der Waals surface area (Å²) in [4.78, 5) is 25.3. The molecule has 0 spiro atoms. The topological polar surface area (TPSA) is 118 Å². The van der Waals surface area contributed by atoms with Crippen molar-refractivity contribution in [2.75, 3.05) is 37.6 Å². The fourth-order valence-corrected chi connectivity index (χ4v) is 1.33. The molecule has 0 fully saturated rings. The summed E-state index contributed by atoms with van der Waals surface area (Å²) in [5.41, 5.74) is 2.32. The maximum atomic E-state index is 11.7. The highest BCUT2D eigenvalue weighted by molar-refractivity contribution is 5.80. The standard InChI is InChI=1S/C11H21N7O2/c1-7(2)5-13-8(19)6-18(3)10-14-9(17-12)15-11(16-10)20-4/h7H,5-6,12H2,1-4H3,(H,13,19)(H,14,15,16,17). The average Bonchev–Trinajstić information content (AvgIpc) is 2.44. The Hall–Kier alpha value is -2.16. The number of carbonyl (C=O) groups is 1. The van der Waals surface area contributed by atoms with Crippen LogP contribution in [0.3, 0.4) is 0 Å². The number of carbonyl (C=O) groups excluding carboxylic acids is 1. The summed E-state index contributed by atoms with van der Waals surface area (Å²) in [7, 11) is 3.14. The minimum absolute atomic E-state index is 0.108. The van der Waals surface area contributed by atoms with E-state index in [1.807, 2.05) is 13.8 Å². The maximum absolute atomic E-state index is 11.7. The summed E-state index contributed by atoms with van der Waals surface area (Å²) in [6.45, 7) is 4.81. The van der Waals surface area contributed by atoms with E-state index in [0.717, 1.165) is 0 Å². The van der Waals surface area contributed by atoms with Crippen molar-refractivity contribution in [1.29, 1.82) is 0 Å². The molecule has 1 aromatic rings. The lowest BCUT2D eigenvalue weighted by molar-refractivity contribution is -0.119. The zero-order valence-electron chi connectivity index (χ0n) is 12.2. The summed E-state index contributed by atoms with van der Waals surface area (Å²) < 4.78 is 4.95. The number of nitrogen functional groups attached to an aromatic ring is 1. The number of likely N-dealkylation sites (N-methyl/N-ethyl adjacent to an activating group) is 1. The molecule has 0 aliphatic heterocycles. The van der Waals surface area contributed by atoms with Crippen LogP contribution in [-0.4, -0.2) is 48.1 Å². The SMILES string of the molecule is COc1nc(NN)nc(N(C)CC(=O)NCC(C)C)n1. The van der Waals surface area contributed by atoms with Crippen LogP contribution >= 0.6 is 0 Å². The Kier molecular flexibility index (Phi) is 5.91. The van der Waals surface area contributed by atoms with Crippen molar-refractivity contribution in [2.24, 2.45) is 11.8 Å². The smallest absolute Gasteiger partial charge is 0.322 e. The average molecular weight is 283 g/mol. The summed E-state index contributed by atoms with van der Waals surface area (Å²) >= 11 is 0. The second-order valence-corrected chi connectivity index (χ2v) is 4.64. The number of rotatable bonds is 7. The molecule has 1 heterocycles. The number of methoxy groups -OCH3 is 1. The van der Waals surface area contributed by atoms with Gasteiger partial charge in [0.25, 0.3) is 0 Å². The van der Waals surface area contributed by atoms with E-state index in [4.69, 9.17) is 10.6 Å². The van der Waals surface area contributed by atoms with Gasteiger partial charge in [-0.2, -0.15) is 15.0 Å². The van der Waals surface area contributed by atoms with Crippen LogP contribution in [0.1, 0.15) is 13.8 Å². The number of hydrogen-bond acceptors (Lipinski definition) is 8. The molecule has 9 heteroatoms. The molecule has 0 unspecified atom stereocenters. The number of nitrogens with one attached hydrogen (secondary N) is 2. The van der Waals surface area contributed by atoms with Gasteiger partial charge in [-0.05, 0) is 5.92 Å². The Morgan fingerprint density at radius 1 is 1.40 bits per heavy atom. The third kappa shape index (κ3) is 4.84. The first-order valence-corrected chi connectivity index (χ1v) is 6.20. The number of aromatic nitrogens is 3. The Balaban J connectivity index is 2.71. The number of hydrogen-bond donors (Lipinski definition) is 3. The largest absolute Gasteiger partial charge is 0.467 e. The minimum Gasteiger partial charge on any atom is -0.467 e. The van der Waals surface area contributed by atoms with Crippen molar-refractivity contribution in [3.8, 4) is 6.01 Å². The number of nitrogens with zero attached hydrogens (tertiary/aromatic N) is 4. The highest BCUT2D eigenvalue weighted by Crippen LogP contribution is 2.12. The van der Waals surface area contributed by atoms with Crippen LogP contribution in [0.4, 0.5) is 11.9 Å². The molecule has 0 saturated carbocycles. The van der Waals surface area contributed by atoms with Crippen molar-refractivity contribution in [3.63, 3.8) is 0 Å². The fraction of sp³-hybridized carbons (Fsp3) is 0.636. The lowest BCUT2D eigenvalue weighted by Crippen LogP contribution is -2.37. The van der Waals surface area contributed by atoms with Crippen molar-refractivity contribution >= 4 is 17.8 Å². The van der Waals surface area contributed by atoms with Gasteiger partial charge in [0.05, 0.1) is 13.7 Å². The summed E-state index contributed by atoms with van der Waals surface area (Å²) in [5.74, 6) is 6.02. The first-order chi connectivity index (χ1) is 9.46. The molecule has 0 atom stereocenters. The number of amides is 1. The van der Waals surface area contributed by atoms with Crippen molar-refractivity contribution in [2.45, 2.75) is 13.8 Å². The summed E-state index contributed by atoms with van der Waals surface area (Å²) in [5, 5.41) is 2.82. The predicted molar refractivity (Wildman–Crippen MR) is 75.3 cm³/mol. The van der Waals surface area contributed by atoms with Gasteiger partial charge in [0.1, 0.15) is 0 Å². The van der Waals surface area contributed by atoms with Gasteiger partial charge >= 0.3 is 6.01 Å². The zero-order chi connectivity index (χ0) is 15.1. The van der Waals surface area contributed by atoms with Gasteiger partial charge < -0.3 is 15.0 Å². The Morgan fingerprint density at radius 3 is 2.65 bits per heavy atom. The molecule has 1 rings (SSSR count). The molecular weight excluding hydrogens is 262 g/mol. The van der Waals surface area contributed by atoms with Crippen LogP contribution in [0.25, 0.3) is 0 Å². The number of anilines is 2. The molecule has 0 saturated heterocycles. The molecule has 0 bridgehead atoms. The summed E-state index contributed by atoms with van der Waals surface area (Å²) in [6.07, 6.45) is 0. The van der Waals surface area contributed by atoms with Gasteiger partial charge in [-0.3, -0.25) is 10.2 Å². The van der Waals surface area contributed by atoms with Gasteiger partial charge in [-0.15, -0.1) is 0 Å². The fourth-order valence-electron chi connectivity index (χ4n) is 1.33. The van der Waals surface area contributed by atoms with E-state index in [0.29, 0.717) is 18.4 Å². The van der Waals surface area contributed by atoms with E-state index in [1.54, 1.807) is 11.9 Å². The number of hydrazine groups is 1. The molecular formula is C11H21N7O2. The molecule has 0 aliphatic carbocycles. The van der Waals surface area contributed by atoms with Gasteiger partial charge in [0.15, 0.2) is 0 Å². The molecule has 112 valence electrons. The van der Waals surface area contributed by atoms with Gasteiger partial charge in [0.2, 0.25) is 17.8 Å². The lowest BCUT2D eigenvalue weighted by atomic mass is 10.2. The van der Waals surface area contributed by atoms with Crippen LogP contribution in [0.15, 0.2) is 0 Å². The summed E-state index contributed by atoms with van der Waals surface area (Å²) in [6, 6.07) is 0.123. The highest BCUT2D eigenvalue weighted by Gasteiger charge is 2.13. The molecule has 9 nitrogen and oxygen atoms in total. The number of ether oxygens (including phenoxy) is 1. The number of nitrogens with two attached hydrogens (primary N) is 1. The third-order valence-corrected chi connectivity index (χ3v) is 2.34. The second-order valence-electron chi connectivity index (χ2n) is 4.64. The maximum Gasteiger partial charge on any atom is 0.322 e. The lowest BCUT2D eigenvalue weighted by Gasteiger charge is -2.17. The first-order valence-electron chi connectivity index (χ1n) is 6.20. The molecule has 0 aromatic carbocycles. The Labute approximate surface area is 117 Å². The molecule has 4 N–H and O–H groups in total. The van der Waals surface area contributed by atoms with Crippen molar-refractivity contribution < 1.29 is 9.53 Å². The van der Waals surface area contributed by atoms with Crippen LogP contribution in [0, 0.1) is 5.92 Å². The zero-order valence-corrected chi connectivity index (χ0v) is 12.2. The van der Waals surface area contributed by atoms with Crippen molar-refractivity contribution in [3.05, 3.63) is 0 Å². The van der Waals surface area contributed by atoms with Crippen LogP contribution in [-0.2, 0) is 4.79 Å². The van der Waals surface area contributed by atoms with Crippen LogP contribution < -0.4 is 26.2 Å². The van der Waals surface area contributed by atoms with Crippen LogP contribution in [0.2, 0.25) is 0 Å². The Bertz CT molecular complexity index is 430. The predicted octanol–water partition coefficient (Wildman–Crippen LogP) is -0.626. The molecule has 0 aliphatic rings. The van der Waals surface area contributed by atoms with E-state index in [1.165, 1.54) is 7.11 Å². The molecule has 1 aromatic heterocycles. The normalized spacial score (nSPS) is 10.3. The van der Waals surface area contributed by atoms with E-state index in [2.05, 4.69) is 25.7 Å². The first kappa shape index (κ1) is 15.9. The molecule has 1 amide bonds. The van der Waals surface area contributed by atoms with Gasteiger partial charge in [0, 0.05) is 13.6 Å². The second kappa shape index (κ2) is 7.43.